The number of aryl methyl sites for hydroxylation is 1. The van der Waals surface area contributed by atoms with Crippen molar-refractivity contribution in [2.24, 2.45) is 4.99 Å². The Balaban J connectivity index is 0.00000312. The van der Waals surface area contributed by atoms with E-state index in [4.69, 9.17) is 9.47 Å². The Kier molecular flexibility index (Phi) is 10.6. The van der Waals surface area contributed by atoms with E-state index in [9.17, 15) is 0 Å². The molecule has 1 unspecified atom stereocenters. The van der Waals surface area contributed by atoms with Crippen LogP contribution in [0.25, 0.3) is 0 Å². The second kappa shape index (κ2) is 12.1. The standard InChI is InChI=1S/C19H29N3O2.HI/c1-4-5-6-10-21-19(20-3)22-13-16-8-7-15(2)12-18(16)24-17-9-11-23-14-17;/h4-5,7-8,12,17H,6,9-11,13-14H2,1-3H3,(H2,20,21,22);1H/b5-4+;. The summed E-state index contributed by atoms with van der Waals surface area (Å²) in [5.41, 5.74) is 2.32. The van der Waals surface area contributed by atoms with Gasteiger partial charge < -0.3 is 20.1 Å². The molecule has 1 aliphatic rings. The molecule has 2 N–H and O–H groups in total. The van der Waals surface area contributed by atoms with Gasteiger partial charge in [0.15, 0.2) is 5.96 Å². The number of allylic oxidation sites excluding steroid dienone is 1. The Hall–Kier alpha value is -1.28. The van der Waals surface area contributed by atoms with Gasteiger partial charge in [0, 0.05) is 32.1 Å². The first-order valence-electron chi connectivity index (χ1n) is 8.62. The topological polar surface area (TPSA) is 54.9 Å². The van der Waals surface area contributed by atoms with E-state index >= 15 is 0 Å². The van der Waals surface area contributed by atoms with E-state index in [2.05, 4.69) is 52.9 Å². The zero-order valence-electron chi connectivity index (χ0n) is 15.4. The summed E-state index contributed by atoms with van der Waals surface area (Å²) in [6.45, 7) is 7.10. The van der Waals surface area contributed by atoms with Crippen LogP contribution in [0.2, 0.25) is 0 Å². The summed E-state index contributed by atoms with van der Waals surface area (Å²) in [6.07, 6.45) is 6.28. The number of benzene rings is 1. The van der Waals surface area contributed by atoms with Gasteiger partial charge in [-0.05, 0) is 31.9 Å². The van der Waals surface area contributed by atoms with Crippen molar-refractivity contribution in [3.63, 3.8) is 0 Å². The van der Waals surface area contributed by atoms with E-state index < -0.39 is 0 Å². The molecule has 1 aliphatic heterocycles. The second-order valence-corrected chi connectivity index (χ2v) is 5.92. The van der Waals surface area contributed by atoms with E-state index in [1.54, 1.807) is 7.05 Å². The first-order chi connectivity index (χ1) is 11.7. The Morgan fingerprint density at radius 2 is 2.24 bits per heavy atom. The van der Waals surface area contributed by atoms with Crippen molar-refractivity contribution < 1.29 is 9.47 Å². The van der Waals surface area contributed by atoms with Crippen LogP contribution in [0.3, 0.4) is 0 Å². The number of ether oxygens (including phenoxy) is 2. The first-order valence-corrected chi connectivity index (χ1v) is 8.62. The van der Waals surface area contributed by atoms with Gasteiger partial charge in [-0.25, -0.2) is 0 Å². The zero-order chi connectivity index (χ0) is 17.2. The van der Waals surface area contributed by atoms with Crippen molar-refractivity contribution in [1.82, 2.24) is 10.6 Å². The third kappa shape index (κ3) is 7.64. The number of aliphatic imine (C=N–C) groups is 1. The first kappa shape index (κ1) is 21.8. The molecule has 0 spiro atoms. The highest BCUT2D eigenvalue weighted by Gasteiger charge is 2.18. The molecule has 0 bridgehead atoms. The Labute approximate surface area is 168 Å². The van der Waals surface area contributed by atoms with Crippen LogP contribution >= 0.6 is 24.0 Å². The molecule has 1 aromatic rings. The van der Waals surface area contributed by atoms with Crippen LogP contribution in [0.5, 0.6) is 5.75 Å². The summed E-state index contributed by atoms with van der Waals surface area (Å²) in [5.74, 6) is 1.73. The van der Waals surface area contributed by atoms with Crippen LogP contribution in [0, 0.1) is 6.92 Å². The van der Waals surface area contributed by atoms with E-state index in [1.807, 2.05) is 6.92 Å². The monoisotopic (exact) mass is 459 g/mol. The summed E-state index contributed by atoms with van der Waals surface area (Å²) in [5, 5.41) is 6.66. The summed E-state index contributed by atoms with van der Waals surface area (Å²) in [6, 6.07) is 6.31. The number of hydrogen-bond acceptors (Lipinski definition) is 3. The predicted molar refractivity (Wildman–Crippen MR) is 114 cm³/mol. The van der Waals surface area contributed by atoms with Crippen molar-refractivity contribution in [1.29, 1.82) is 0 Å². The smallest absolute Gasteiger partial charge is 0.191 e. The number of rotatable bonds is 7. The van der Waals surface area contributed by atoms with Crippen LogP contribution in [0.1, 0.15) is 30.9 Å². The molecular weight excluding hydrogens is 429 g/mol. The van der Waals surface area contributed by atoms with Gasteiger partial charge in [-0.2, -0.15) is 0 Å². The maximum atomic E-state index is 6.13. The highest BCUT2D eigenvalue weighted by Crippen LogP contribution is 2.23. The fourth-order valence-corrected chi connectivity index (χ4v) is 2.54. The van der Waals surface area contributed by atoms with Crippen LogP contribution in [0.15, 0.2) is 35.3 Å². The SMILES string of the molecule is C/C=C/CCNC(=NC)NCc1ccc(C)cc1OC1CCOC1.I. The minimum absolute atomic E-state index is 0. The van der Waals surface area contributed by atoms with Crippen molar-refractivity contribution in [3.8, 4) is 5.75 Å². The maximum Gasteiger partial charge on any atom is 0.191 e. The minimum atomic E-state index is 0. The molecule has 1 heterocycles. The van der Waals surface area contributed by atoms with E-state index in [-0.39, 0.29) is 30.1 Å². The fourth-order valence-electron chi connectivity index (χ4n) is 2.54. The number of halogens is 1. The fraction of sp³-hybridized carbons (Fsp3) is 0.526. The van der Waals surface area contributed by atoms with Gasteiger partial charge in [0.1, 0.15) is 11.9 Å². The molecule has 1 saturated heterocycles. The zero-order valence-corrected chi connectivity index (χ0v) is 17.7. The normalized spacial score (nSPS) is 17.4. The second-order valence-electron chi connectivity index (χ2n) is 5.92. The van der Waals surface area contributed by atoms with Crippen LogP contribution in [-0.4, -0.2) is 38.9 Å². The Bertz CT molecular complexity index is 570. The summed E-state index contributed by atoms with van der Waals surface area (Å²) >= 11 is 0. The predicted octanol–water partition coefficient (Wildman–Crippen LogP) is 3.41. The van der Waals surface area contributed by atoms with Crippen molar-refractivity contribution in [2.45, 2.75) is 39.3 Å². The highest BCUT2D eigenvalue weighted by molar-refractivity contribution is 14.0. The Morgan fingerprint density at radius 1 is 1.40 bits per heavy atom. The average molecular weight is 459 g/mol. The average Bonchev–Trinajstić information content (AvgIpc) is 3.09. The van der Waals surface area contributed by atoms with Crippen molar-refractivity contribution in [2.75, 3.05) is 26.8 Å². The molecule has 5 nitrogen and oxygen atoms in total. The van der Waals surface area contributed by atoms with Crippen molar-refractivity contribution >= 4 is 29.9 Å². The van der Waals surface area contributed by atoms with Crippen LogP contribution in [-0.2, 0) is 11.3 Å². The molecule has 1 fully saturated rings. The van der Waals surface area contributed by atoms with Gasteiger partial charge in [-0.3, -0.25) is 4.99 Å². The molecule has 1 atom stereocenters. The molecule has 0 aromatic heterocycles. The number of guanidine groups is 1. The molecule has 6 heteroatoms. The van der Waals surface area contributed by atoms with Gasteiger partial charge in [-0.1, -0.05) is 24.3 Å². The lowest BCUT2D eigenvalue weighted by molar-refractivity contribution is 0.140. The minimum Gasteiger partial charge on any atom is -0.488 e. The highest BCUT2D eigenvalue weighted by atomic mass is 127. The van der Waals surface area contributed by atoms with Crippen molar-refractivity contribution in [3.05, 3.63) is 41.5 Å². The summed E-state index contributed by atoms with van der Waals surface area (Å²) in [7, 11) is 1.79. The van der Waals surface area contributed by atoms with Crippen LogP contribution < -0.4 is 15.4 Å². The molecule has 0 radical (unpaired) electrons. The number of hydrogen-bond donors (Lipinski definition) is 2. The molecule has 25 heavy (non-hydrogen) atoms. The number of nitrogens with zero attached hydrogens (tertiary/aromatic N) is 1. The largest absolute Gasteiger partial charge is 0.488 e. The molecule has 2 rings (SSSR count). The molecule has 0 aliphatic carbocycles. The molecule has 140 valence electrons. The van der Waals surface area contributed by atoms with E-state index in [0.29, 0.717) is 13.2 Å². The van der Waals surface area contributed by atoms with Gasteiger partial charge >= 0.3 is 0 Å². The lowest BCUT2D eigenvalue weighted by Crippen LogP contribution is -2.37. The van der Waals surface area contributed by atoms with E-state index in [1.165, 1.54) is 5.56 Å². The number of nitrogens with one attached hydrogen (secondary N) is 2. The quantitative estimate of drug-likeness (QED) is 0.216. The molecule has 1 aromatic carbocycles. The van der Waals surface area contributed by atoms with E-state index in [0.717, 1.165) is 43.3 Å². The Morgan fingerprint density at radius 3 is 2.92 bits per heavy atom. The third-order valence-corrected chi connectivity index (χ3v) is 3.91. The van der Waals surface area contributed by atoms with Crippen LogP contribution in [0.4, 0.5) is 0 Å². The molecular formula is C19H30IN3O2. The van der Waals surface area contributed by atoms with Gasteiger partial charge in [-0.15, -0.1) is 24.0 Å². The van der Waals surface area contributed by atoms with Gasteiger partial charge in [0.2, 0.25) is 0 Å². The summed E-state index contributed by atoms with van der Waals surface area (Å²) in [4.78, 5) is 4.26. The molecule has 0 saturated carbocycles. The maximum absolute atomic E-state index is 6.13. The molecule has 0 amide bonds. The van der Waals surface area contributed by atoms with Gasteiger partial charge in [0.05, 0.1) is 13.2 Å². The van der Waals surface area contributed by atoms with Gasteiger partial charge in [0.25, 0.3) is 0 Å². The lowest BCUT2D eigenvalue weighted by atomic mass is 10.1. The summed E-state index contributed by atoms with van der Waals surface area (Å²) < 4.78 is 11.5. The lowest BCUT2D eigenvalue weighted by Gasteiger charge is -2.18. The third-order valence-electron chi connectivity index (χ3n) is 3.91.